The number of halogens is 1. The van der Waals surface area contributed by atoms with Crippen LogP contribution in [0.25, 0.3) is 0 Å². The molecule has 0 saturated heterocycles. The first-order chi connectivity index (χ1) is 16.9. The molecule has 7 nitrogen and oxygen atoms in total. The molecule has 0 fully saturated rings. The van der Waals surface area contributed by atoms with Crippen LogP contribution in [-0.2, 0) is 4.79 Å². The summed E-state index contributed by atoms with van der Waals surface area (Å²) in [5.41, 5.74) is 4.15. The van der Waals surface area contributed by atoms with Gasteiger partial charge in [0, 0.05) is 30.7 Å². The van der Waals surface area contributed by atoms with Crippen molar-refractivity contribution in [2.45, 2.75) is 12.5 Å². The van der Waals surface area contributed by atoms with Crippen LogP contribution in [0.1, 0.15) is 33.9 Å². The van der Waals surface area contributed by atoms with Crippen LogP contribution in [0, 0.1) is 0 Å². The fourth-order valence-electron chi connectivity index (χ4n) is 3.90. The van der Waals surface area contributed by atoms with Crippen molar-refractivity contribution in [2.75, 3.05) is 32.7 Å². The molecule has 0 aromatic heterocycles. The zero-order chi connectivity index (χ0) is 24.9. The van der Waals surface area contributed by atoms with E-state index in [0.717, 1.165) is 32.7 Å². The standard InChI is InChI=1S/C27H26BrN3O4/c1-30(2)22-9-4-19(5-10-22)25-15-24(18-6-11-23(34-3)12-7-18)29-31(25)27(33)17-35-26-13-8-21(28)14-20(26)16-32/h4-14,16,25H,15,17H2,1-3H3. The Labute approximate surface area is 213 Å². The lowest BCUT2D eigenvalue weighted by Gasteiger charge is -2.23. The Morgan fingerprint density at radius 2 is 1.83 bits per heavy atom. The van der Waals surface area contributed by atoms with E-state index in [9.17, 15) is 9.59 Å². The number of ether oxygens (including phenoxy) is 2. The van der Waals surface area contributed by atoms with Crippen LogP contribution in [-0.4, -0.2) is 50.7 Å². The van der Waals surface area contributed by atoms with Crippen LogP contribution >= 0.6 is 15.9 Å². The Morgan fingerprint density at radius 3 is 2.46 bits per heavy atom. The van der Waals surface area contributed by atoms with Gasteiger partial charge in [0.05, 0.1) is 24.4 Å². The largest absolute Gasteiger partial charge is 0.497 e. The summed E-state index contributed by atoms with van der Waals surface area (Å²) in [4.78, 5) is 26.7. The molecule has 0 aliphatic carbocycles. The highest BCUT2D eigenvalue weighted by atomic mass is 79.9. The smallest absolute Gasteiger partial charge is 0.281 e. The SMILES string of the molecule is COc1ccc(C2=NN(C(=O)COc3ccc(Br)cc3C=O)C(c3ccc(N(C)C)cc3)C2)cc1. The number of nitrogens with zero attached hydrogens (tertiary/aromatic N) is 3. The molecule has 180 valence electrons. The van der Waals surface area contributed by atoms with Gasteiger partial charge in [0.2, 0.25) is 0 Å². The van der Waals surface area contributed by atoms with Crippen LogP contribution in [0.4, 0.5) is 5.69 Å². The van der Waals surface area contributed by atoms with Gasteiger partial charge >= 0.3 is 0 Å². The van der Waals surface area contributed by atoms with Gasteiger partial charge in [-0.2, -0.15) is 5.10 Å². The number of hydrogen-bond donors (Lipinski definition) is 0. The third-order valence-corrected chi connectivity index (χ3v) is 6.33. The van der Waals surface area contributed by atoms with Crippen LogP contribution in [0.3, 0.4) is 0 Å². The van der Waals surface area contributed by atoms with Gasteiger partial charge in [-0.1, -0.05) is 28.1 Å². The molecule has 1 amide bonds. The molecule has 35 heavy (non-hydrogen) atoms. The molecule has 0 bridgehead atoms. The molecule has 1 aliphatic heterocycles. The Hall–Kier alpha value is -3.65. The lowest BCUT2D eigenvalue weighted by atomic mass is 9.98. The van der Waals surface area contributed by atoms with Crippen molar-refractivity contribution in [1.82, 2.24) is 5.01 Å². The van der Waals surface area contributed by atoms with Crippen molar-refractivity contribution in [3.8, 4) is 11.5 Å². The number of hydrogen-bond acceptors (Lipinski definition) is 6. The molecule has 0 spiro atoms. The van der Waals surface area contributed by atoms with E-state index >= 15 is 0 Å². The second-order valence-electron chi connectivity index (χ2n) is 8.31. The molecule has 1 atom stereocenters. The molecule has 0 N–H and O–H groups in total. The van der Waals surface area contributed by atoms with Gasteiger partial charge in [-0.3, -0.25) is 9.59 Å². The van der Waals surface area contributed by atoms with Gasteiger partial charge in [0.25, 0.3) is 5.91 Å². The van der Waals surface area contributed by atoms with Crippen molar-refractivity contribution >= 4 is 39.5 Å². The highest BCUT2D eigenvalue weighted by molar-refractivity contribution is 9.10. The van der Waals surface area contributed by atoms with Crippen molar-refractivity contribution < 1.29 is 19.1 Å². The third kappa shape index (κ3) is 5.54. The molecule has 3 aromatic carbocycles. The number of hydrazone groups is 1. The minimum atomic E-state index is -0.296. The molecule has 1 heterocycles. The molecule has 1 aliphatic rings. The highest BCUT2D eigenvalue weighted by Gasteiger charge is 2.33. The van der Waals surface area contributed by atoms with Crippen molar-refractivity contribution in [3.63, 3.8) is 0 Å². The van der Waals surface area contributed by atoms with Crippen LogP contribution in [0.2, 0.25) is 0 Å². The van der Waals surface area contributed by atoms with Crippen molar-refractivity contribution in [3.05, 3.63) is 87.9 Å². The first-order valence-electron chi connectivity index (χ1n) is 11.1. The van der Waals surface area contributed by atoms with E-state index in [1.54, 1.807) is 25.3 Å². The summed E-state index contributed by atoms with van der Waals surface area (Å²) in [7, 11) is 5.59. The molecule has 4 rings (SSSR count). The van der Waals surface area contributed by atoms with Crippen molar-refractivity contribution in [2.24, 2.45) is 5.10 Å². The number of aldehydes is 1. The van der Waals surface area contributed by atoms with E-state index in [0.29, 0.717) is 24.0 Å². The van der Waals surface area contributed by atoms with Gasteiger partial charge in [-0.15, -0.1) is 0 Å². The minimum Gasteiger partial charge on any atom is -0.497 e. The molecule has 1 unspecified atom stereocenters. The topological polar surface area (TPSA) is 71.4 Å². The fourth-order valence-corrected chi connectivity index (χ4v) is 4.28. The predicted molar refractivity (Wildman–Crippen MR) is 140 cm³/mol. The summed E-state index contributed by atoms with van der Waals surface area (Å²) in [5, 5.41) is 6.18. The van der Waals surface area contributed by atoms with Gasteiger partial charge in [0.1, 0.15) is 11.5 Å². The minimum absolute atomic E-state index is 0.242. The molecular weight excluding hydrogens is 510 g/mol. The van der Waals surface area contributed by atoms with E-state index in [1.165, 1.54) is 5.01 Å². The lowest BCUT2D eigenvalue weighted by Crippen LogP contribution is -2.31. The van der Waals surface area contributed by atoms with Crippen LogP contribution < -0.4 is 14.4 Å². The molecular formula is C27H26BrN3O4. The Balaban J connectivity index is 1.60. The Kier molecular flexibility index (Phi) is 7.51. The van der Waals surface area contributed by atoms with E-state index in [-0.39, 0.29) is 18.6 Å². The molecule has 0 radical (unpaired) electrons. The summed E-state index contributed by atoms with van der Waals surface area (Å²) < 4.78 is 11.7. The average molecular weight is 536 g/mol. The van der Waals surface area contributed by atoms with Gasteiger partial charge in [-0.05, 0) is 65.7 Å². The van der Waals surface area contributed by atoms with E-state index in [4.69, 9.17) is 14.6 Å². The normalized spacial score (nSPS) is 14.9. The zero-order valence-corrected chi connectivity index (χ0v) is 21.4. The summed E-state index contributed by atoms with van der Waals surface area (Å²) in [6.07, 6.45) is 1.27. The fraction of sp³-hybridized carbons (Fsp3) is 0.222. The molecule has 3 aromatic rings. The first kappa shape index (κ1) is 24.5. The van der Waals surface area contributed by atoms with Gasteiger partial charge in [0.15, 0.2) is 12.9 Å². The predicted octanol–water partition coefficient (Wildman–Crippen LogP) is 5.09. The zero-order valence-electron chi connectivity index (χ0n) is 19.8. The number of methoxy groups -OCH3 is 1. The maximum atomic E-state index is 13.3. The third-order valence-electron chi connectivity index (χ3n) is 5.83. The molecule has 0 saturated carbocycles. The lowest BCUT2D eigenvalue weighted by molar-refractivity contribution is -0.135. The highest BCUT2D eigenvalue weighted by Crippen LogP contribution is 2.34. The van der Waals surface area contributed by atoms with E-state index in [2.05, 4.69) is 15.9 Å². The number of amides is 1. The second-order valence-corrected chi connectivity index (χ2v) is 9.22. The van der Waals surface area contributed by atoms with E-state index < -0.39 is 0 Å². The summed E-state index contributed by atoms with van der Waals surface area (Å²) >= 11 is 3.34. The van der Waals surface area contributed by atoms with Crippen LogP contribution in [0.15, 0.2) is 76.3 Å². The monoisotopic (exact) mass is 535 g/mol. The Bertz CT molecular complexity index is 1240. The van der Waals surface area contributed by atoms with Gasteiger partial charge < -0.3 is 14.4 Å². The Morgan fingerprint density at radius 1 is 1.11 bits per heavy atom. The van der Waals surface area contributed by atoms with Crippen LogP contribution in [0.5, 0.6) is 11.5 Å². The number of rotatable bonds is 8. The average Bonchev–Trinajstić information content (AvgIpc) is 3.33. The number of carbonyl (C=O) groups excluding carboxylic acids is 2. The molecule has 8 heteroatoms. The quantitative estimate of drug-likeness (QED) is 0.375. The number of anilines is 1. The van der Waals surface area contributed by atoms with Gasteiger partial charge in [-0.25, -0.2) is 5.01 Å². The summed E-state index contributed by atoms with van der Waals surface area (Å²) in [5.74, 6) is 0.807. The first-order valence-corrected chi connectivity index (χ1v) is 11.9. The second kappa shape index (κ2) is 10.7. The van der Waals surface area contributed by atoms with Crippen molar-refractivity contribution in [1.29, 1.82) is 0 Å². The maximum Gasteiger partial charge on any atom is 0.281 e. The summed E-state index contributed by atoms with van der Waals surface area (Å²) in [6, 6.07) is 20.5. The van der Waals surface area contributed by atoms with E-state index in [1.807, 2.05) is 67.5 Å². The number of carbonyl (C=O) groups is 2. The maximum absolute atomic E-state index is 13.3. The number of benzene rings is 3. The summed E-state index contributed by atoms with van der Waals surface area (Å²) in [6.45, 7) is -0.242.